The number of rotatable bonds is 3. The molecule has 3 rings (SSSR count). The molecule has 24 heavy (non-hydrogen) atoms. The van der Waals surface area contributed by atoms with E-state index in [0.717, 1.165) is 6.42 Å². The van der Waals surface area contributed by atoms with Crippen molar-refractivity contribution in [3.8, 4) is 0 Å². The first-order valence-corrected chi connectivity index (χ1v) is 8.21. The van der Waals surface area contributed by atoms with E-state index in [-0.39, 0.29) is 23.4 Å². The monoisotopic (exact) mass is 327 g/mol. The third-order valence-electron chi connectivity index (χ3n) is 4.29. The second-order valence-corrected chi connectivity index (χ2v) is 6.40. The van der Waals surface area contributed by atoms with Gasteiger partial charge in [0.05, 0.1) is 5.56 Å². The van der Waals surface area contributed by atoms with E-state index in [1.54, 1.807) is 29.2 Å². The largest absolute Gasteiger partial charge is 0.352 e. The minimum Gasteiger partial charge on any atom is -0.352 e. The minimum atomic E-state index is -0.453. The summed E-state index contributed by atoms with van der Waals surface area (Å²) in [5.74, 6) is -0.339. The van der Waals surface area contributed by atoms with Crippen LogP contribution in [0.4, 0.5) is 0 Å². The van der Waals surface area contributed by atoms with Crippen LogP contribution in [0.1, 0.15) is 37.0 Å². The van der Waals surface area contributed by atoms with Crippen LogP contribution in [0.2, 0.25) is 0 Å². The Morgan fingerprint density at radius 1 is 1.25 bits per heavy atom. The first-order chi connectivity index (χ1) is 11.5. The first kappa shape index (κ1) is 16.2. The average Bonchev–Trinajstić information content (AvgIpc) is 3.04. The Morgan fingerprint density at radius 3 is 2.67 bits per heavy atom. The fourth-order valence-corrected chi connectivity index (χ4v) is 3.20. The van der Waals surface area contributed by atoms with Crippen molar-refractivity contribution in [2.45, 2.75) is 38.8 Å². The molecule has 126 valence electrons. The molecule has 2 aromatic rings. The van der Waals surface area contributed by atoms with Crippen molar-refractivity contribution in [1.29, 1.82) is 0 Å². The molecule has 0 radical (unpaired) electrons. The third-order valence-corrected chi connectivity index (χ3v) is 4.29. The maximum atomic E-state index is 13.0. The van der Waals surface area contributed by atoms with Crippen molar-refractivity contribution < 1.29 is 9.59 Å². The van der Waals surface area contributed by atoms with Gasteiger partial charge in [0.1, 0.15) is 6.04 Å². The van der Waals surface area contributed by atoms with Gasteiger partial charge in [-0.1, -0.05) is 18.2 Å². The van der Waals surface area contributed by atoms with Crippen molar-refractivity contribution in [3.63, 3.8) is 0 Å². The number of H-pyrrole nitrogens is 1. The van der Waals surface area contributed by atoms with Gasteiger partial charge in [-0.2, -0.15) is 0 Å². The number of nitrogens with one attached hydrogen (secondary N) is 2. The van der Waals surface area contributed by atoms with E-state index >= 15 is 0 Å². The van der Waals surface area contributed by atoms with E-state index in [9.17, 15) is 14.4 Å². The highest BCUT2D eigenvalue weighted by atomic mass is 16.2. The van der Waals surface area contributed by atoms with E-state index in [4.69, 9.17) is 0 Å². The number of aromatic amines is 1. The number of likely N-dealkylation sites (tertiary alicyclic amines) is 1. The van der Waals surface area contributed by atoms with Crippen molar-refractivity contribution in [2.75, 3.05) is 6.54 Å². The molecule has 0 bridgehead atoms. The lowest BCUT2D eigenvalue weighted by molar-refractivity contribution is -0.125. The predicted molar refractivity (Wildman–Crippen MR) is 91.9 cm³/mol. The van der Waals surface area contributed by atoms with Gasteiger partial charge in [-0.25, -0.2) is 0 Å². The summed E-state index contributed by atoms with van der Waals surface area (Å²) in [6.07, 6.45) is 2.90. The minimum absolute atomic E-state index is 0.0314. The number of hydrogen-bond donors (Lipinski definition) is 2. The number of fused-ring (bicyclic) bond motifs is 1. The van der Waals surface area contributed by atoms with Gasteiger partial charge >= 0.3 is 0 Å². The van der Waals surface area contributed by atoms with Crippen LogP contribution in [-0.4, -0.2) is 40.3 Å². The summed E-state index contributed by atoms with van der Waals surface area (Å²) in [5.41, 5.74) is 0.201. The fraction of sp³-hybridized carbons (Fsp3) is 0.389. The van der Waals surface area contributed by atoms with E-state index in [2.05, 4.69) is 10.3 Å². The SMILES string of the molecule is CC(C)NC(=O)[C@H]1CCCN1C(=O)c1c[nH]c(=O)c2ccccc12. The van der Waals surface area contributed by atoms with Gasteiger partial charge < -0.3 is 15.2 Å². The fourth-order valence-electron chi connectivity index (χ4n) is 3.20. The zero-order valence-corrected chi connectivity index (χ0v) is 13.8. The summed E-state index contributed by atoms with van der Waals surface area (Å²) in [6, 6.07) is 6.59. The number of amides is 2. The quantitative estimate of drug-likeness (QED) is 0.899. The molecule has 6 heteroatoms. The molecule has 1 aromatic carbocycles. The number of aromatic nitrogens is 1. The van der Waals surface area contributed by atoms with Crippen LogP contribution in [0.5, 0.6) is 0 Å². The van der Waals surface area contributed by atoms with Crippen LogP contribution in [0, 0.1) is 0 Å². The topological polar surface area (TPSA) is 82.3 Å². The lowest BCUT2D eigenvalue weighted by Crippen LogP contribution is -2.47. The van der Waals surface area contributed by atoms with Crippen LogP contribution >= 0.6 is 0 Å². The second-order valence-electron chi connectivity index (χ2n) is 6.40. The molecule has 1 aromatic heterocycles. The molecule has 1 saturated heterocycles. The molecule has 1 aliphatic rings. The average molecular weight is 327 g/mol. The molecular weight excluding hydrogens is 306 g/mol. The molecule has 2 amide bonds. The predicted octanol–water partition coefficient (Wildman–Crippen LogP) is 1.66. The molecule has 0 unspecified atom stereocenters. The Kier molecular flexibility index (Phi) is 4.38. The lowest BCUT2D eigenvalue weighted by atomic mass is 10.1. The molecule has 1 fully saturated rings. The molecule has 1 aliphatic heterocycles. The third kappa shape index (κ3) is 2.91. The van der Waals surface area contributed by atoms with E-state index in [0.29, 0.717) is 29.3 Å². The Bertz CT molecular complexity index is 841. The normalized spacial score (nSPS) is 17.5. The summed E-state index contributed by atoms with van der Waals surface area (Å²) in [7, 11) is 0. The molecule has 2 N–H and O–H groups in total. The van der Waals surface area contributed by atoms with Crippen LogP contribution in [0.25, 0.3) is 10.8 Å². The Labute approximate surface area is 139 Å². The van der Waals surface area contributed by atoms with Crippen molar-refractivity contribution in [3.05, 3.63) is 46.4 Å². The van der Waals surface area contributed by atoms with Gasteiger partial charge in [0.2, 0.25) is 5.91 Å². The van der Waals surface area contributed by atoms with E-state index in [1.807, 2.05) is 13.8 Å². The molecule has 2 heterocycles. The summed E-state index contributed by atoms with van der Waals surface area (Å²) in [6.45, 7) is 4.34. The smallest absolute Gasteiger partial charge is 0.256 e. The van der Waals surface area contributed by atoms with Gasteiger partial charge in [-0.3, -0.25) is 14.4 Å². The summed E-state index contributed by atoms with van der Waals surface area (Å²) < 4.78 is 0. The van der Waals surface area contributed by atoms with Gasteiger partial charge in [-0.05, 0) is 32.8 Å². The maximum Gasteiger partial charge on any atom is 0.256 e. The number of carbonyl (C=O) groups excluding carboxylic acids is 2. The van der Waals surface area contributed by atoms with Gasteiger partial charge in [0.15, 0.2) is 0 Å². The van der Waals surface area contributed by atoms with Crippen LogP contribution in [0.3, 0.4) is 0 Å². The highest BCUT2D eigenvalue weighted by Gasteiger charge is 2.35. The van der Waals surface area contributed by atoms with E-state index in [1.165, 1.54) is 6.20 Å². The second kappa shape index (κ2) is 6.47. The van der Waals surface area contributed by atoms with Gasteiger partial charge in [0, 0.05) is 29.6 Å². The molecule has 6 nitrogen and oxygen atoms in total. The number of pyridine rings is 1. The Morgan fingerprint density at radius 2 is 1.96 bits per heavy atom. The molecule has 0 spiro atoms. The summed E-state index contributed by atoms with van der Waals surface area (Å²) in [4.78, 5) is 41.5. The van der Waals surface area contributed by atoms with Crippen molar-refractivity contribution >= 4 is 22.6 Å². The molecule has 1 atom stereocenters. The maximum absolute atomic E-state index is 13.0. The molecule has 0 saturated carbocycles. The number of nitrogens with zero attached hydrogens (tertiary/aromatic N) is 1. The van der Waals surface area contributed by atoms with Crippen LogP contribution in [0.15, 0.2) is 35.3 Å². The zero-order chi connectivity index (χ0) is 17.3. The lowest BCUT2D eigenvalue weighted by Gasteiger charge is -2.25. The Hall–Kier alpha value is -2.63. The van der Waals surface area contributed by atoms with E-state index < -0.39 is 6.04 Å². The first-order valence-electron chi connectivity index (χ1n) is 8.21. The van der Waals surface area contributed by atoms with Gasteiger partial charge in [-0.15, -0.1) is 0 Å². The zero-order valence-electron chi connectivity index (χ0n) is 13.8. The van der Waals surface area contributed by atoms with Gasteiger partial charge in [0.25, 0.3) is 11.5 Å². The van der Waals surface area contributed by atoms with Crippen LogP contribution < -0.4 is 10.9 Å². The highest BCUT2D eigenvalue weighted by Crippen LogP contribution is 2.23. The molecule has 0 aliphatic carbocycles. The van der Waals surface area contributed by atoms with Crippen molar-refractivity contribution in [2.24, 2.45) is 0 Å². The standard InChI is InChI=1S/C18H21N3O3/c1-11(2)20-17(23)15-8-5-9-21(15)18(24)14-10-19-16(22)13-7-4-3-6-12(13)14/h3-4,6-7,10-11,15H,5,8-9H2,1-2H3,(H,19,22)(H,20,23)/t15-/m1/s1. The highest BCUT2D eigenvalue weighted by molar-refractivity contribution is 6.07. The summed E-state index contributed by atoms with van der Waals surface area (Å²) >= 11 is 0. The number of carbonyl (C=O) groups is 2. The summed E-state index contributed by atoms with van der Waals surface area (Å²) in [5, 5.41) is 3.97. The van der Waals surface area contributed by atoms with Crippen LogP contribution in [-0.2, 0) is 4.79 Å². The van der Waals surface area contributed by atoms with Crippen molar-refractivity contribution in [1.82, 2.24) is 15.2 Å². The number of hydrogen-bond acceptors (Lipinski definition) is 3. The Balaban J connectivity index is 1.96. The molecular formula is C18H21N3O3. The number of benzene rings is 1.